The lowest BCUT2D eigenvalue weighted by molar-refractivity contribution is -0.387. The molecule has 9 heteroatoms. The number of benzene rings is 2. The van der Waals surface area contributed by atoms with E-state index in [-0.39, 0.29) is 17.5 Å². The van der Waals surface area contributed by atoms with Crippen molar-refractivity contribution in [1.29, 1.82) is 0 Å². The molecule has 30 heavy (non-hydrogen) atoms. The third kappa shape index (κ3) is 5.24. The number of nitro groups is 1. The molecule has 1 fully saturated rings. The van der Waals surface area contributed by atoms with Crippen LogP contribution in [-0.4, -0.2) is 52.7 Å². The monoisotopic (exact) mass is 429 g/mol. The molecule has 2 aromatic carbocycles. The third-order valence-electron chi connectivity index (χ3n) is 4.69. The SMILES string of the molecule is CC(=O)N1CCN(C(=O)/C=C/c2ccc(Sc3ccccc3F)c([N+](=O)[O-])c2)CC1. The summed E-state index contributed by atoms with van der Waals surface area (Å²) in [6.07, 6.45) is 2.89. The predicted molar refractivity (Wildman–Crippen MR) is 111 cm³/mol. The second kappa shape index (κ2) is 9.53. The van der Waals surface area contributed by atoms with Gasteiger partial charge in [0.1, 0.15) is 5.82 Å². The topological polar surface area (TPSA) is 83.8 Å². The fourth-order valence-corrected chi connectivity index (χ4v) is 3.95. The molecule has 7 nitrogen and oxygen atoms in total. The van der Waals surface area contributed by atoms with Crippen molar-refractivity contribution in [3.8, 4) is 0 Å². The highest BCUT2D eigenvalue weighted by Crippen LogP contribution is 2.36. The Hall–Kier alpha value is -3.20. The number of nitrogens with zero attached hydrogens (tertiary/aromatic N) is 3. The average Bonchev–Trinajstić information content (AvgIpc) is 2.74. The van der Waals surface area contributed by atoms with Crippen molar-refractivity contribution in [2.45, 2.75) is 16.7 Å². The van der Waals surface area contributed by atoms with Crippen LogP contribution in [0.15, 0.2) is 58.3 Å². The number of nitro benzene ring substituents is 1. The second-order valence-electron chi connectivity index (χ2n) is 6.68. The maximum Gasteiger partial charge on any atom is 0.283 e. The maximum absolute atomic E-state index is 13.9. The first-order valence-corrected chi connectivity index (χ1v) is 10.1. The molecule has 0 aromatic heterocycles. The van der Waals surface area contributed by atoms with Gasteiger partial charge in [0.25, 0.3) is 5.69 Å². The van der Waals surface area contributed by atoms with Crippen LogP contribution in [0, 0.1) is 15.9 Å². The number of hydrogen-bond donors (Lipinski definition) is 0. The second-order valence-corrected chi connectivity index (χ2v) is 7.77. The van der Waals surface area contributed by atoms with Crippen LogP contribution in [0.3, 0.4) is 0 Å². The van der Waals surface area contributed by atoms with Gasteiger partial charge >= 0.3 is 0 Å². The third-order valence-corrected chi connectivity index (χ3v) is 5.81. The van der Waals surface area contributed by atoms with Crippen molar-refractivity contribution in [2.24, 2.45) is 0 Å². The molecule has 2 amide bonds. The Balaban J connectivity index is 1.71. The highest BCUT2D eigenvalue weighted by atomic mass is 32.2. The molecule has 1 aliphatic heterocycles. The lowest BCUT2D eigenvalue weighted by atomic mass is 10.2. The van der Waals surface area contributed by atoms with E-state index in [9.17, 15) is 24.1 Å². The number of rotatable bonds is 5. The van der Waals surface area contributed by atoms with Gasteiger partial charge in [-0.05, 0) is 29.8 Å². The minimum absolute atomic E-state index is 0.0155. The summed E-state index contributed by atoms with van der Waals surface area (Å²) < 4.78 is 13.9. The van der Waals surface area contributed by atoms with Crippen LogP contribution in [0.2, 0.25) is 0 Å². The normalized spacial score (nSPS) is 14.2. The van der Waals surface area contributed by atoms with E-state index >= 15 is 0 Å². The zero-order valence-electron chi connectivity index (χ0n) is 16.3. The molecular weight excluding hydrogens is 409 g/mol. The molecule has 2 aromatic rings. The van der Waals surface area contributed by atoms with Crippen LogP contribution in [0.25, 0.3) is 6.08 Å². The first-order chi connectivity index (χ1) is 14.3. The Kier molecular flexibility index (Phi) is 6.83. The highest BCUT2D eigenvalue weighted by molar-refractivity contribution is 7.99. The summed E-state index contributed by atoms with van der Waals surface area (Å²) in [5.74, 6) is -0.680. The van der Waals surface area contributed by atoms with Crippen LogP contribution < -0.4 is 0 Å². The standard InChI is InChI=1S/C21H20FN3O4S/c1-15(26)23-10-12-24(13-11-23)21(27)9-7-16-6-8-20(18(14-16)25(28)29)30-19-5-3-2-4-17(19)22/h2-9,14H,10-13H2,1H3/b9-7+. The van der Waals surface area contributed by atoms with Gasteiger partial charge in [0.2, 0.25) is 11.8 Å². The van der Waals surface area contributed by atoms with E-state index in [1.165, 1.54) is 31.2 Å². The van der Waals surface area contributed by atoms with Crippen LogP contribution in [-0.2, 0) is 9.59 Å². The smallest absolute Gasteiger partial charge is 0.283 e. The van der Waals surface area contributed by atoms with Gasteiger partial charge in [0.05, 0.1) is 9.82 Å². The summed E-state index contributed by atoms with van der Waals surface area (Å²) in [6.45, 7) is 3.37. The Morgan fingerprint density at radius 2 is 1.73 bits per heavy atom. The first-order valence-electron chi connectivity index (χ1n) is 9.28. The van der Waals surface area contributed by atoms with Gasteiger partial charge < -0.3 is 9.80 Å². The van der Waals surface area contributed by atoms with Crippen LogP contribution in [0.5, 0.6) is 0 Å². The van der Waals surface area contributed by atoms with E-state index in [0.29, 0.717) is 41.5 Å². The summed E-state index contributed by atoms with van der Waals surface area (Å²) in [7, 11) is 0. The minimum atomic E-state index is -0.524. The van der Waals surface area contributed by atoms with Gasteiger partial charge in [-0.3, -0.25) is 19.7 Å². The molecule has 1 saturated heterocycles. The zero-order valence-corrected chi connectivity index (χ0v) is 17.1. The summed E-state index contributed by atoms with van der Waals surface area (Å²) >= 11 is 0.979. The van der Waals surface area contributed by atoms with Gasteiger partial charge in [-0.25, -0.2) is 4.39 Å². The van der Waals surface area contributed by atoms with Gasteiger partial charge in [-0.1, -0.05) is 30.0 Å². The van der Waals surface area contributed by atoms with Crippen molar-refractivity contribution in [3.63, 3.8) is 0 Å². The summed E-state index contributed by atoms with van der Waals surface area (Å²) in [5, 5.41) is 11.5. The van der Waals surface area contributed by atoms with Crippen LogP contribution in [0.1, 0.15) is 12.5 Å². The van der Waals surface area contributed by atoms with Gasteiger partial charge in [-0.15, -0.1) is 0 Å². The Labute approximate surface area is 177 Å². The number of hydrogen-bond acceptors (Lipinski definition) is 5. The highest BCUT2D eigenvalue weighted by Gasteiger charge is 2.21. The molecule has 0 saturated carbocycles. The molecular formula is C21H20FN3O4S. The molecule has 0 N–H and O–H groups in total. The fourth-order valence-electron chi connectivity index (χ4n) is 3.03. The quantitative estimate of drug-likeness (QED) is 0.412. The molecule has 0 unspecified atom stereocenters. The molecule has 0 aliphatic carbocycles. The van der Waals surface area contributed by atoms with Crippen molar-refractivity contribution >= 4 is 35.3 Å². The van der Waals surface area contributed by atoms with Gasteiger partial charge in [-0.2, -0.15) is 0 Å². The molecule has 0 spiro atoms. The van der Waals surface area contributed by atoms with E-state index in [4.69, 9.17) is 0 Å². The van der Waals surface area contributed by atoms with E-state index in [1.54, 1.807) is 40.1 Å². The fraction of sp³-hybridized carbons (Fsp3) is 0.238. The van der Waals surface area contributed by atoms with Crippen molar-refractivity contribution in [1.82, 2.24) is 9.80 Å². The lowest BCUT2D eigenvalue weighted by Crippen LogP contribution is -2.49. The van der Waals surface area contributed by atoms with Crippen LogP contribution >= 0.6 is 11.8 Å². The number of halogens is 1. The molecule has 0 atom stereocenters. The van der Waals surface area contributed by atoms with E-state index in [0.717, 1.165) is 11.8 Å². The molecule has 1 heterocycles. The zero-order chi connectivity index (χ0) is 21.7. The van der Waals surface area contributed by atoms with Crippen molar-refractivity contribution in [2.75, 3.05) is 26.2 Å². The van der Waals surface area contributed by atoms with Crippen molar-refractivity contribution in [3.05, 3.63) is 70.0 Å². The Morgan fingerprint density at radius 3 is 2.37 bits per heavy atom. The first kappa shape index (κ1) is 21.5. The van der Waals surface area contributed by atoms with Crippen molar-refractivity contribution < 1.29 is 18.9 Å². The molecule has 156 valence electrons. The largest absolute Gasteiger partial charge is 0.339 e. The number of amides is 2. The van der Waals surface area contributed by atoms with Gasteiger partial charge in [0, 0.05) is 50.1 Å². The molecule has 0 bridgehead atoms. The van der Waals surface area contributed by atoms with Gasteiger partial charge in [0.15, 0.2) is 0 Å². The predicted octanol–water partition coefficient (Wildman–Crippen LogP) is 3.59. The van der Waals surface area contributed by atoms with Crippen LogP contribution in [0.4, 0.5) is 10.1 Å². The average molecular weight is 429 g/mol. The number of carbonyl (C=O) groups excluding carboxylic acids is 2. The summed E-state index contributed by atoms with van der Waals surface area (Å²) in [5.41, 5.74) is 0.336. The maximum atomic E-state index is 13.9. The number of carbonyl (C=O) groups is 2. The van der Waals surface area contributed by atoms with E-state index < -0.39 is 10.7 Å². The number of piperazine rings is 1. The molecule has 0 radical (unpaired) electrons. The summed E-state index contributed by atoms with van der Waals surface area (Å²) in [4.78, 5) is 38.6. The minimum Gasteiger partial charge on any atom is -0.339 e. The Morgan fingerprint density at radius 1 is 1.07 bits per heavy atom. The van der Waals surface area contributed by atoms with E-state index in [2.05, 4.69) is 0 Å². The summed E-state index contributed by atoms with van der Waals surface area (Å²) in [6, 6.07) is 10.6. The van der Waals surface area contributed by atoms with E-state index in [1.807, 2.05) is 0 Å². The molecule has 3 rings (SSSR count). The lowest BCUT2D eigenvalue weighted by Gasteiger charge is -2.33. The molecule has 1 aliphatic rings. The Bertz CT molecular complexity index is 1000.